The lowest BCUT2D eigenvalue weighted by Gasteiger charge is -2.20. The van der Waals surface area contributed by atoms with Crippen LogP contribution in [0.3, 0.4) is 0 Å². The maximum absolute atomic E-state index is 12.4. The number of benzene rings is 1. The Kier molecular flexibility index (Phi) is 7.66. The number of urea groups is 1. The van der Waals surface area contributed by atoms with Gasteiger partial charge in [0.1, 0.15) is 5.75 Å². The van der Waals surface area contributed by atoms with Gasteiger partial charge in [0.25, 0.3) is 0 Å². The second-order valence-electron chi connectivity index (χ2n) is 6.42. The predicted octanol–water partition coefficient (Wildman–Crippen LogP) is 3.88. The van der Waals surface area contributed by atoms with Crippen LogP contribution in [-0.4, -0.2) is 48.7 Å². The van der Waals surface area contributed by atoms with Gasteiger partial charge in [0, 0.05) is 23.7 Å². The normalized spacial score (nSPS) is 12.2. The number of rotatable bonds is 9. The second kappa shape index (κ2) is 9.97. The molecule has 1 aromatic heterocycles. The van der Waals surface area contributed by atoms with Gasteiger partial charge < -0.3 is 20.3 Å². The van der Waals surface area contributed by atoms with Crippen LogP contribution in [0.2, 0.25) is 0 Å². The first-order valence-corrected chi connectivity index (χ1v) is 9.30. The Morgan fingerprint density at radius 3 is 2.77 bits per heavy atom. The van der Waals surface area contributed by atoms with Crippen molar-refractivity contribution in [2.24, 2.45) is 0 Å². The van der Waals surface area contributed by atoms with Gasteiger partial charge >= 0.3 is 6.03 Å². The van der Waals surface area contributed by atoms with Gasteiger partial charge in [-0.2, -0.15) is 0 Å². The highest BCUT2D eigenvalue weighted by atomic mass is 16.5. The Balaban J connectivity index is 1.94. The Labute approximate surface area is 155 Å². The Morgan fingerprint density at radius 2 is 2.08 bits per heavy atom. The number of carbonyl (C=O) groups is 1. The molecule has 2 amide bonds. The molecule has 0 radical (unpaired) electrons. The third kappa shape index (κ3) is 5.59. The van der Waals surface area contributed by atoms with E-state index in [9.17, 15) is 4.79 Å². The first-order valence-electron chi connectivity index (χ1n) is 9.30. The van der Waals surface area contributed by atoms with E-state index in [1.165, 1.54) is 0 Å². The molecule has 0 aliphatic carbocycles. The summed E-state index contributed by atoms with van der Waals surface area (Å²) in [5.74, 6) is 0.688. The zero-order valence-corrected chi connectivity index (χ0v) is 16.2. The van der Waals surface area contributed by atoms with E-state index in [1.807, 2.05) is 25.1 Å². The molecule has 0 spiro atoms. The highest BCUT2D eigenvalue weighted by Crippen LogP contribution is 2.27. The summed E-state index contributed by atoms with van der Waals surface area (Å²) in [6.07, 6.45) is 3.72. The van der Waals surface area contributed by atoms with Crippen molar-refractivity contribution in [1.29, 1.82) is 0 Å². The van der Waals surface area contributed by atoms with Crippen molar-refractivity contribution >= 4 is 22.6 Å². The number of anilines is 1. The summed E-state index contributed by atoms with van der Waals surface area (Å²) >= 11 is 0. The zero-order valence-electron chi connectivity index (χ0n) is 16.2. The highest BCUT2D eigenvalue weighted by molar-refractivity contribution is 6.00. The molecule has 0 aliphatic rings. The SMILES string of the molecule is CCN(CC)CCC[C@H](C)NC(=O)Nc1cc(OC)cc2cccnc12. The van der Waals surface area contributed by atoms with Crippen LogP contribution in [-0.2, 0) is 0 Å². The smallest absolute Gasteiger partial charge is 0.319 e. The van der Waals surface area contributed by atoms with Crippen LogP contribution in [0.5, 0.6) is 5.75 Å². The van der Waals surface area contributed by atoms with E-state index in [4.69, 9.17) is 4.74 Å². The number of pyridine rings is 1. The molecule has 142 valence electrons. The van der Waals surface area contributed by atoms with Crippen LogP contribution in [0.1, 0.15) is 33.6 Å². The molecule has 0 unspecified atom stereocenters. The van der Waals surface area contributed by atoms with Crippen molar-refractivity contribution < 1.29 is 9.53 Å². The molecule has 1 heterocycles. The molecule has 2 rings (SSSR count). The number of carbonyl (C=O) groups excluding carboxylic acids is 1. The molecule has 0 aliphatic heterocycles. The number of nitrogens with one attached hydrogen (secondary N) is 2. The summed E-state index contributed by atoms with van der Waals surface area (Å²) < 4.78 is 5.32. The summed E-state index contributed by atoms with van der Waals surface area (Å²) in [5, 5.41) is 6.84. The van der Waals surface area contributed by atoms with E-state index in [1.54, 1.807) is 19.4 Å². The molecule has 1 aromatic carbocycles. The maximum Gasteiger partial charge on any atom is 0.319 e. The van der Waals surface area contributed by atoms with Gasteiger partial charge in [-0.25, -0.2) is 4.79 Å². The quantitative estimate of drug-likeness (QED) is 0.714. The fourth-order valence-corrected chi connectivity index (χ4v) is 2.99. The topological polar surface area (TPSA) is 66.5 Å². The molecule has 0 saturated heterocycles. The first-order chi connectivity index (χ1) is 12.6. The van der Waals surface area contributed by atoms with Gasteiger partial charge in [-0.05, 0) is 51.5 Å². The van der Waals surface area contributed by atoms with Crippen LogP contribution in [0.25, 0.3) is 10.9 Å². The molecule has 0 bridgehead atoms. The molecule has 2 aromatic rings. The van der Waals surface area contributed by atoms with Crippen molar-refractivity contribution in [2.45, 2.75) is 39.7 Å². The Morgan fingerprint density at radius 1 is 1.31 bits per heavy atom. The minimum atomic E-state index is -0.222. The number of hydrogen-bond donors (Lipinski definition) is 2. The predicted molar refractivity (Wildman–Crippen MR) is 107 cm³/mol. The van der Waals surface area contributed by atoms with E-state index in [0.29, 0.717) is 11.4 Å². The molecule has 0 saturated carbocycles. The number of amides is 2. The van der Waals surface area contributed by atoms with Gasteiger partial charge in [0.05, 0.1) is 18.3 Å². The number of fused-ring (bicyclic) bond motifs is 1. The lowest BCUT2D eigenvalue weighted by molar-refractivity contribution is 0.247. The molecule has 2 N–H and O–H groups in total. The Bertz CT molecular complexity index is 716. The molecule has 6 heteroatoms. The molecule has 6 nitrogen and oxygen atoms in total. The first kappa shape index (κ1) is 20.0. The number of aromatic nitrogens is 1. The van der Waals surface area contributed by atoms with Crippen LogP contribution < -0.4 is 15.4 Å². The van der Waals surface area contributed by atoms with Crippen LogP contribution >= 0.6 is 0 Å². The minimum Gasteiger partial charge on any atom is -0.497 e. The number of hydrogen-bond acceptors (Lipinski definition) is 4. The summed E-state index contributed by atoms with van der Waals surface area (Å²) in [4.78, 5) is 19.1. The third-order valence-corrected chi connectivity index (χ3v) is 4.55. The van der Waals surface area contributed by atoms with Gasteiger partial charge in [-0.1, -0.05) is 19.9 Å². The van der Waals surface area contributed by atoms with Crippen molar-refractivity contribution in [3.05, 3.63) is 30.5 Å². The van der Waals surface area contributed by atoms with E-state index >= 15 is 0 Å². The van der Waals surface area contributed by atoms with Gasteiger partial charge in [0.15, 0.2) is 0 Å². The monoisotopic (exact) mass is 358 g/mol. The molecular formula is C20H30N4O2. The fraction of sp³-hybridized carbons (Fsp3) is 0.500. The molecule has 26 heavy (non-hydrogen) atoms. The lowest BCUT2D eigenvalue weighted by atomic mass is 10.1. The summed E-state index contributed by atoms with van der Waals surface area (Å²) in [5.41, 5.74) is 1.39. The molecule has 0 fully saturated rings. The number of methoxy groups -OCH3 is 1. The summed E-state index contributed by atoms with van der Waals surface area (Å²) in [6.45, 7) is 9.56. The summed E-state index contributed by atoms with van der Waals surface area (Å²) in [7, 11) is 1.61. The van der Waals surface area contributed by atoms with Crippen molar-refractivity contribution in [2.75, 3.05) is 32.1 Å². The average molecular weight is 358 g/mol. The fourth-order valence-electron chi connectivity index (χ4n) is 2.99. The van der Waals surface area contributed by atoms with Crippen LogP contribution in [0.4, 0.5) is 10.5 Å². The Hall–Kier alpha value is -2.34. The zero-order chi connectivity index (χ0) is 18.9. The van der Waals surface area contributed by atoms with Crippen molar-refractivity contribution in [3.63, 3.8) is 0 Å². The van der Waals surface area contributed by atoms with E-state index in [0.717, 1.165) is 43.4 Å². The van der Waals surface area contributed by atoms with Crippen molar-refractivity contribution in [3.8, 4) is 5.75 Å². The molecular weight excluding hydrogens is 328 g/mol. The highest BCUT2D eigenvalue weighted by Gasteiger charge is 2.12. The summed E-state index contributed by atoms with van der Waals surface area (Å²) in [6, 6.07) is 7.39. The van der Waals surface area contributed by atoms with Crippen LogP contribution in [0, 0.1) is 0 Å². The van der Waals surface area contributed by atoms with E-state index in [2.05, 4.69) is 34.4 Å². The van der Waals surface area contributed by atoms with Gasteiger partial charge in [-0.3, -0.25) is 4.98 Å². The maximum atomic E-state index is 12.4. The van der Waals surface area contributed by atoms with Crippen molar-refractivity contribution in [1.82, 2.24) is 15.2 Å². The molecule has 1 atom stereocenters. The average Bonchev–Trinajstić information content (AvgIpc) is 2.65. The minimum absolute atomic E-state index is 0.107. The lowest BCUT2D eigenvalue weighted by Crippen LogP contribution is -2.36. The second-order valence-corrected chi connectivity index (χ2v) is 6.42. The third-order valence-electron chi connectivity index (χ3n) is 4.55. The largest absolute Gasteiger partial charge is 0.497 e. The van der Waals surface area contributed by atoms with E-state index in [-0.39, 0.29) is 12.1 Å². The number of ether oxygens (including phenoxy) is 1. The van der Waals surface area contributed by atoms with E-state index < -0.39 is 0 Å². The van der Waals surface area contributed by atoms with Gasteiger partial charge in [0.2, 0.25) is 0 Å². The van der Waals surface area contributed by atoms with Gasteiger partial charge in [-0.15, -0.1) is 0 Å². The number of nitrogens with zero attached hydrogens (tertiary/aromatic N) is 2. The van der Waals surface area contributed by atoms with Crippen LogP contribution in [0.15, 0.2) is 30.5 Å². The standard InChI is InChI=1S/C20H30N4O2/c1-5-24(6-2)12-8-9-15(3)22-20(25)23-18-14-17(26-4)13-16-10-7-11-21-19(16)18/h7,10-11,13-15H,5-6,8-9,12H2,1-4H3,(H2,22,23,25)/t15-/m0/s1.